The Morgan fingerprint density at radius 3 is 2.08 bits per heavy atom. The van der Waals surface area contributed by atoms with Crippen LogP contribution in [0.1, 0.15) is 81.6 Å². The van der Waals surface area contributed by atoms with E-state index in [0.29, 0.717) is 17.9 Å². The number of nitrogens with one attached hydrogen (secondary N) is 2. The number of hydrogen-bond donors (Lipinski definition) is 4. The average Bonchev–Trinajstić information content (AvgIpc) is 3.08. The molecule has 224 valence electrons. The van der Waals surface area contributed by atoms with Gasteiger partial charge in [0.05, 0.1) is 29.7 Å². The van der Waals surface area contributed by atoms with Gasteiger partial charge >= 0.3 is 18.2 Å². The second-order valence-corrected chi connectivity index (χ2v) is 12.0. The van der Waals surface area contributed by atoms with Gasteiger partial charge in [0.25, 0.3) is 0 Å². The molecule has 13 nitrogen and oxygen atoms in total. The topological polar surface area (TPSA) is 176 Å². The highest BCUT2D eigenvalue weighted by atomic mass is 16.6. The molecular weight excluding hydrogens is 512 g/mol. The van der Waals surface area contributed by atoms with Crippen LogP contribution in [-0.2, 0) is 23.8 Å². The third kappa shape index (κ3) is 10.3. The van der Waals surface area contributed by atoms with Crippen molar-refractivity contribution in [3.63, 3.8) is 0 Å². The summed E-state index contributed by atoms with van der Waals surface area (Å²) in [4.78, 5) is 53.9. The van der Waals surface area contributed by atoms with Gasteiger partial charge in [-0.15, -0.1) is 0 Å². The smallest absolute Gasteiger partial charge is 0.435 e. The Balaban J connectivity index is 3.52. The van der Waals surface area contributed by atoms with Gasteiger partial charge in [-0.1, -0.05) is 13.3 Å². The fourth-order valence-electron chi connectivity index (χ4n) is 4.62. The molecule has 1 fully saturated rings. The minimum absolute atomic E-state index is 0.0890. The Morgan fingerprint density at radius 1 is 1.08 bits per heavy atom. The minimum atomic E-state index is -1.39. The van der Waals surface area contributed by atoms with Crippen LogP contribution < -0.4 is 10.7 Å². The molecule has 0 aliphatic heterocycles. The van der Waals surface area contributed by atoms with Gasteiger partial charge in [0, 0.05) is 20.0 Å². The molecule has 1 saturated carbocycles. The number of hydrogen-bond acceptors (Lipinski definition) is 9. The number of amides is 3. The number of hydrazine groups is 1. The molecule has 4 N–H and O–H groups in total. The maximum Gasteiger partial charge on any atom is 0.435 e. The average molecular weight is 559 g/mol. The molecule has 0 heterocycles. The summed E-state index contributed by atoms with van der Waals surface area (Å²) in [6, 6.07) is -1.70. The molecule has 0 spiro atoms. The van der Waals surface area contributed by atoms with E-state index in [0.717, 1.165) is 6.34 Å². The molecule has 3 amide bonds. The molecule has 0 aromatic carbocycles. The fourth-order valence-corrected chi connectivity index (χ4v) is 4.62. The van der Waals surface area contributed by atoms with Crippen molar-refractivity contribution in [1.82, 2.24) is 15.8 Å². The lowest BCUT2D eigenvalue weighted by Crippen LogP contribution is -2.59. The van der Waals surface area contributed by atoms with Crippen molar-refractivity contribution < 1.29 is 43.6 Å². The Hall–Kier alpha value is -2.93. The highest BCUT2D eigenvalue weighted by molar-refractivity contribution is 5.85. The number of aliphatic hydroxyl groups excluding tert-OH is 1. The number of rotatable bonds is 9. The predicted octanol–water partition coefficient (Wildman–Crippen LogP) is 2.85. The van der Waals surface area contributed by atoms with Gasteiger partial charge in [-0.2, -0.15) is 5.01 Å². The maximum atomic E-state index is 12.9. The van der Waals surface area contributed by atoms with Crippen molar-refractivity contribution in [2.75, 3.05) is 7.11 Å². The largest absolute Gasteiger partial charge is 0.481 e. The number of nitrogens with zero attached hydrogens (tertiary/aromatic N) is 2. The van der Waals surface area contributed by atoms with E-state index in [9.17, 15) is 29.4 Å². The number of carbonyl (C=O) groups is 4. The van der Waals surface area contributed by atoms with Gasteiger partial charge < -0.3 is 29.7 Å². The third-order valence-corrected chi connectivity index (χ3v) is 6.25. The first-order valence-corrected chi connectivity index (χ1v) is 13.0. The lowest BCUT2D eigenvalue weighted by atomic mass is 9.78. The van der Waals surface area contributed by atoms with Crippen LogP contribution in [0.2, 0.25) is 0 Å². The van der Waals surface area contributed by atoms with E-state index in [-0.39, 0.29) is 6.42 Å². The summed E-state index contributed by atoms with van der Waals surface area (Å²) in [5.41, 5.74) is -0.449. The summed E-state index contributed by atoms with van der Waals surface area (Å²) in [6.45, 7) is 14.9. The molecule has 39 heavy (non-hydrogen) atoms. The first kappa shape index (κ1) is 34.1. The lowest BCUT2D eigenvalue weighted by molar-refractivity contribution is -0.146. The first-order valence-electron chi connectivity index (χ1n) is 13.0. The number of aliphatic imine (C=N–C) groups is 1. The fraction of sp³-hybridized carbons (Fsp3) is 0.808. The van der Waals surface area contributed by atoms with Crippen LogP contribution in [-0.4, -0.2) is 87.7 Å². The number of aliphatic hydroxyl groups is 1. The number of carboxylic acid groups (broad SMARTS) is 1. The molecule has 13 heteroatoms. The first-order chi connectivity index (χ1) is 17.7. The van der Waals surface area contributed by atoms with E-state index in [4.69, 9.17) is 14.2 Å². The molecule has 0 bridgehead atoms. The summed E-state index contributed by atoms with van der Waals surface area (Å²) in [6.07, 6.45) is -1.20. The molecule has 0 radical (unpaired) electrons. The third-order valence-electron chi connectivity index (χ3n) is 6.25. The zero-order valence-electron chi connectivity index (χ0n) is 24.7. The molecule has 1 rings (SSSR count). The monoisotopic (exact) mass is 558 g/mol. The summed E-state index contributed by atoms with van der Waals surface area (Å²) < 4.78 is 16.4. The van der Waals surface area contributed by atoms with Crippen molar-refractivity contribution in [2.24, 2.45) is 16.8 Å². The second kappa shape index (κ2) is 13.4. The Morgan fingerprint density at radius 2 is 1.64 bits per heavy atom. The van der Waals surface area contributed by atoms with Crippen LogP contribution in [0, 0.1) is 11.8 Å². The van der Waals surface area contributed by atoms with Crippen LogP contribution in [0.3, 0.4) is 0 Å². The van der Waals surface area contributed by atoms with Gasteiger partial charge in [0.2, 0.25) is 5.91 Å². The molecule has 1 aliphatic rings. The number of aliphatic carboxylic acids is 1. The minimum Gasteiger partial charge on any atom is -0.481 e. The lowest BCUT2D eigenvalue weighted by Gasteiger charge is -2.42. The zero-order chi connectivity index (χ0) is 30.3. The Kier molecular flexibility index (Phi) is 11.7. The summed E-state index contributed by atoms with van der Waals surface area (Å²) >= 11 is 0. The number of carboxylic acids is 1. The van der Waals surface area contributed by atoms with E-state index in [1.807, 2.05) is 6.92 Å². The highest BCUT2D eigenvalue weighted by Gasteiger charge is 2.54. The molecule has 6 atom stereocenters. The van der Waals surface area contributed by atoms with E-state index < -0.39 is 70.9 Å². The van der Waals surface area contributed by atoms with Gasteiger partial charge in [-0.3, -0.25) is 14.6 Å². The van der Waals surface area contributed by atoms with Crippen LogP contribution in [0.4, 0.5) is 9.59 Å². The van der Waals surface area contributed by atoms with Gasteiger partial charge in [-0.25, -0.2) is 15.0 Å². The quantitative estimate of drug-likeness (QED) is 0.188. The van der Waals surface area contributed by atoms with Crippen molar-refractivity contribution in [2.45, 2.75) is 117 Å². The van der Waals surface area contributed by atoms with E-state index >= 15 is 0 Å². The second-order valence-electron chi connectivity index (χ2n) is 12.0. The van der Waals surface area contributed by atoms with E-state index in [1.54, 1.807) is 48.5 Å². The zero-order valence-corrected chi connectivity index (χ0v) is 24.7. The van der Waals surface area contributed by atoms with Crippen molar-refractivity contribution in [1.29, 1.82) is 0 Å². The van der Waals surface area contributed by atoms with Crippen molar-refractivity contribution in [3.05, 3.63) is 0 Å². The maximum absolute atomic E-state index is 12.9. The van der Waals surface area contributed by atoms with Crippen LogP contribution in [0.5, 0.6) is 0 Å². The SMILES string of the molecule is CCCC(C)(OC)C(NC(C)=O)C1C(N=CN(NC(=O)OC(C)(C)C)C(=O)OC(C)(C)C)CC(C(=O)O)C1O. The van der Waals surface area contributed by atoms with Crippen LogP contribution >= 0.6 is 0 Å². The highest BCUT2D eigenvalue weighted by Crippen LogP contribution is 2.41. The Bertz CT molecular complexity index is 912. The van der Waals surface area contributed by atoms with Crippen molar-refractivity contribution >= 4 is 30.4 Å². The number of methoxy groups -OCH3 is 1. The molecule has 0 aromatic heterocycles. The number of carbonyl (C=O) groups excluding carboxylic acids is 3. The molecule has 1 aliphatic carbocycles. The standard InChI is InChI=1S/C26H46N4O9/c1-11-12-26(9,37-10)20(28-15(2)31)18-17(13-16(19(18)32)21(33)34)27-14-30(23(36)39-25(6,7)8)29-22(35)38-24(3,4)5/h14,16-20,32H,11-13H2,1-10H3,(H,28,31)(H,29,35)(H,33,34). The van der Waals surface area contributed by atoms with Crippen LogP contribution in [0.15, 0.2) is 4.99 Å². The van der Waals surface area contributed by atoms with Gasteiger partial charge in [0.15, 0.2) is 0 Å². The normalized spacial score (nSPS) is 24.0. The van der Waals surface area contributed by atoms with E-state index in [2.05, 4.69) is 15.7 Å². The van der Waals surface area contributed by atoms with E-state index in [1.165, 1.54) is 14.0 Å². The summed E-state index contributed by atoms with van der Waals surface area (Å²) in [7, 11) is 1.48. The molecule has 0 aromatic rings. The molecule has 6 unspecified atom stereocenters. The predicted molar refractivity (Wildman–Crippen MR) is 143 cm³/mol. The molecular formula is C26H46N4O9. The van der Waals surface area contributed by atoms with Crippen molar-refractivity contribution in [3.8, 4) is 0 Å². The van der Waals surface area contributed by atoms with Gasteiger partial charge in [0.1, 0.15) is 17.5 Å². The summed E-state index contributed by atoms with van der Waals surface area (Å²) in [5, 5.41) is 24.5. The summed E-state index contributed by atoms with van der Waals surface area (Å²) in [5.74, 6) is -3.71. The van der Waals surface area contributed by atoms with Crippen LogP contribution in [0.25, 0.3) is 0 Å². The number of ether oxygens (including phenoxy) is 3. The Labute approximate surface area is 230 Å². The molecule has 0 saturated heterocycles. The van der Waals surface area contributed by atoms with Gasteiger partial charge in [-0.05, 0) is 61.3 Å².